The fourth-order valence-corrected chi connectivity index (χ4v) is 2.71. The second-order valence-electron chi connectivity index (χ2n) is 5.45. The van der Waals surface area contributed by atoms with E-state index in [1.165, 1.54) is 12.0 Å². The average molecular weight is 285 g/mol. The van der Waals surface area contributed by atoms with Crippen molar-refractivity contribution in [3.8, 4) is 0 Å². The maximum atomic E-state index is 12.1. The fraction of sp³-hybridized carbons (Fsp3) is 0.375. The first-order chi connectivity index (χ1) is 10.2. The normalized spacial score (nSPS) is 18.8. The number of rotatable bonds is 4. The molecule has 1 aromatic heterocycles. The van der Waals surface area contributed by atoms with Crippen molar-refractivity contribution in [2.75, 3.05) is 13.1 Å². The van der Waals surface area contributed by atoms with Gasteiger partial charge in [-0.15, -0.1) is 0 Å². The van der Waals surface area contributed by atoms with E-state index in [-0.39, 0.29) is 11.9 Å². The Morgan fingerprint density at radius 2 is 2.24 bits per heavy atom. The standard InChI is InChI=1S/C16H19N3O2/c1-12-15(21-11-17-12)16(20)18-14-7-8-19(10-14)9-13-5-3-2-4-6-13/h2-6,11,14H,7-10H2,1H3,(H,18,20)/t14-/m0/s1. The summed E-state index contributed by atoms with van der Waals surface area (Å²) in [5.41, 5.74) is 1.93. The molecule has 0 spiro atoms. The lowest BCUT2D eigenvalue weighted by Crippen LogP contribution is -2.37. The number of carbonyl (C=O) groups excluding carboxylic acids is 1. The number of hydrogen-bond donors (Lipinski definition) is 1. The van der Waals surface area contributed by atoms with E-state index in [9.17, 15) is 4.79 Å². The van der Waals surface area contributed by atoms with Crippen molar-refractivity contribution in [2.45, 2.75) is 25.9 Å². The molecule has 110 valence electrons. The maximum absolute atomic E-state index is 12.1. The van der Waals surface area contributed by atoms with Crippen LogP contribution in [0.25, 0.3) is 0 Å². The van der Waals surface area contributed by atoms with Gasteiger partial charge in [-0.25, -0.2) is 4.98 Å². The largest absolute Gasteiger partial charge is 0.438 e. The van der Waals surface area contributed by atoms with Crippen molar-refractivity contribution < 1.29 is 9.21 Å². The number of aromatic nitrogens is 1. The molecule has 0 unspecified atom stereocenters. The lowest BCUT2D eigenvalue weighted by atomic mass is 10.2. The summed E-state index contributed by atoms with van der Waals surface area (Å²) in [6.45, 7) is 4.56. The molecule has 1 aliphatic heterocycles. The number of hydrogen-bond acceptors (Lipinski definition) is 4. The molecule has 5 heteroatoms. The van der Waals surface area contributed by atoms with Crippen LogP contribution in [-0.4, -0.2) is 34.9 Å². The molecule has 1 fully saturated rings. The zero-order valence-electron chi connectivity index (χ0n) is 12.1. The molecule has 5 nitrogen and oxygen atoms in total. The van der Waals surface area contributed by atoms with Crippen molar-refractivity contribution >= 4 is 5.91 Å². The number of nitrogens with one attached hydrogen (secondary N) is 1. The van der Waals surface area contributed by atoms with Crippen molar-refractivity contribution in [1.82, 2.24) is 15.2 Å². The summed E-state index contributed by atoms with van der Waals surface area (Å²) in [5.74, 6) is 0.146. The molecule has 1 amide bonds. The first-order valence-corrected chi connectivity index (χ1v) is 7.19. The molecule has 1 saturated heterocycles. The molecule has 3 rings (SSSR count). The zero-order chi connectivity index (χ0) is 14.7. The Hall–Kier alpha value is -2.14. The SMILES string of the molecule is Cc1ncoc1C(=O)N[C@H]1CCN(Cc2ccccc2)C1. The van der Waals surface area contributed by atoms with Crippen LogP contribution in [0.15, 0.2) is 41.1 Å². The van der Waals surface area contributed by atoms with Crippen LogP contribution in [0, 0.1) is 6.92 Å². The third-order valence-corrected chi connectivity index (χ3v) is 3.81. The minimum Gasteiger partial charge on any atom is -0.438 e. The van der Waals surface area contributed by atoms with E-state index in [0.29, 0.717) is 11.5 Å². The Morgan fingerprint density at radius 3 is 2.95 bits per heavy atom. The summed E-state index contributed by atoms with van der Waals surface area (Å²) < 4.78 is 5.12. The summed E-state index contributed by atoms with van der Waals surface area (Å²) in [6, 6.07) is 10.6. The van der Waals surface area contributed by atoms with Gasteiger partial charge in [0.1, 0.15) is 0 Å². The molecule has 1 N–H and O–H groups in total. The predicted molar refractivity (Wildman–Crippen MR) is 78.8 cm³/mol. The van der Waals surface area contributed by atoms with Crippen LogP contribution in [0.5, 0.6) is 0 Å². The lowest BCUT2D eigenvalue weighted by molar-refractivity contribution is 0.0908. The van der Waals surface area contributed by atoms with E-state index in [2.05, 4.69) is 39.5 Å². The topological polar surface area (TPSA) is 58.4 Å². The zero-order valence-corrected chi connectivity index (χ0v) is 12.1. The number of benzene rings is 1. The maximum Gasteiger partial charge on any atom is 0.289 e. The third kappa shape index (κ3) is 3.31. The molecule has 0 aliphatic carbocycles. The molecular formula is C16H19N3O2. The van der Waals surface area contributed by atoms with Gasteiger partial charge in [-0.2, -0.15) is 0 Å². The Morgan fingerprint density at radius 1 is 1.43 bits per heavy atom. The second kappa shape index (κ2) is 6.10. The van der Waals surface area contributed by atoms with Gasteiger partial charge >= 0.3 is 0 Å². The van der Waals surface area contributed by atoms with E-state index in [1.54, 1.807) is 6.92 Å². The third-order valence-electron chi connectivity index (χ3n) is 3.81. The first kappa shape index (κ1) is 13.8. The van der Waals surface area contributed by atoms with Crippen LogP contribution in [0.1, 0.15) is 28.2 Å². The van der Waals surface area contributed by atoms with E-state index in [0.717, 1.165) is 26.1 Å². The molecule has 2 aromatic rings. The van der Waals surface area contributed by atoms with Crippen LogP contribution in [0.3, 0.4) is 0 Å². The van der Waals surface area contributed by atoms with E-state index in [1.807, 2.05) is 6.07 Å². The Bertz CT molecular complexity index is 609. The quantitative estimate of drug-likeness (QED) is 0.933. The number of oxazole rings is 1. The van der Waals surface area contributed by atoms with Crippen LogP contribution in [0.2, 0.25) is 0 Å². The van der Waals surface area contributed by atoms with Gasteiger partial charge < -0.3 is 9.73 Å². The Kier molecular flexibility index (Phi) is 4.01. The minimum atomic E-state index is -0.170. The molecule has 0 bridgehead atoms. The van der Waals surface area contributed by atoms with Gasteiger partial charge in [0.25, 0.3) is 5.91 Å². The first-order valence-electron chi connectivity index (χ1n) is 7.19. The predicted octanol–water partition coefficient (Wildman–Crippen LogP) is 1.99. The van der Waals surface area contributed by atoms with Crippen molar-refractivity contribution in [3.63, 3.8) is 0 Å². The summed E-state index contributed by atoms with van der Waals surface area (Å²) in [4.78, 5) is 18.4. The second-order valence-corrected chi connectivity index (χ2v) is 5.45. The van der Waals surface area contributed by atoms with Crippen molar-refractivity contribution in [3.05, 3.63) is 53.7 Å². The fourth-order valence-electron chi connectivity index (χ4n) is 2.71. The highest BCUT2D eigenvalue weighted by atomic mass is 16.3. The van der Waals surface area contributed by atoms with Gasteiger partial charge in [0.2, 0.25) is 5.76 Å². The summed E-state index contributed by atoms with van der Waals surface area (Å²) in [6.07, 6.45) is 2.27. The highest BCUT2D eigenvalue weighted by Crippen LogP contribution is 2.14. The van der Waals surface area contributed by atoms with Gasteiger partial charge in [0.05, 0.1) is 5.69 Å². The van der Waals surface area contributed by atoms with Crippen LogP contribution < -0.4 is 5.32 Å². The van der Waals surface area contributed by atoms with Gasteiger partial charge in [0, 0.05) is 25.7 Å². The van der Waals surface area contributed by atoms with Crippen LogP contribution in [-0.2, 0) is 6.54 Å². The molecule has 0 saturated carbocycles. The van der Waals surface area contributed by atoms with E-state index in [4.69, 9.17) is 4.42 Å². The summed E-state index contributed by atoms with van der Waals surface area (Å²) in [5, 5.41) is 3.02. The number of amides is 1. The van der Waals surface area contributed by atoms with Gasteiger partial charge in [-0.1, -0.05) is 30.3 Å². The molecule has 2 heterocycles. The smallest absolute Gasteiger partial charge is 0.289 e. The van der Waals surface area contributed by atoms with Gasteiger partial charge in [0.15, 0.2) is 6.39 Å². The van der Waals surface area contributed by atoms with E-state index >= 15 is 0 Å². The number of likely N-dealkylation sites (tertiary alicyclic amines) is 1. The monoisotopic (exact) mass is 285 g/mol. The molecule has 0 radical (unpaired) electrons. The number of nitrogens with zero attached hydrogens (tertiary/aromatic N) is 2. The summed E-state index contributed by atoms with van der Waals surface area (Å²) >= 11 is 0. The minimum absolute atomic E-state index is 0.170. The van der Waals surface area contributed by atoms with Crippen LogP contribution in [0.4, 0.5) is 0 Å². The molecule has 21 heavy (non-hydrogen) atoms. The van der Waals surface area contributed by atoms with Crippen molar-refractivity contribution in [1.29, 1.82) is 0 Å². The van der Waals surface area contributed by atoms with Crippen molar-refractivity contribution in [2.24, 2.45) is 0 Å². The number of carbonyl (C=O) groups is 1. The Labute approximate surface area is 124 Å². The van der Waals surface area contributed by atoms with Crippen LogP contribution >= 0.6 is 0 Å². The molecule has 1 aliphatic rings. The highest BCUT2D eigenvalue weighted by molar-refractivity contribution is 5.92. The summed E-state index contributed by atoms with van der Waals surface area (Å²) in [7, 11) is 0. The van der Waals surface area contributed by atoms with E-state index < -0.39 is 0 Å². The molecular weight excluding hydrogens is 266 g/mol. The van der Waals surface area contributed by atoms with Gasteiger partial charge in [-0.3, -0.25) is 9.69 Å². The molecule has 1 atom stereocenters. The highest BCUT2D eigenvalue weighted by Gasteiger charge is 2.25. The molecule has 1 aromatic carbocycles. The average Bonchev–Trinajstić information content (AvgIpc) is 3.09. The Balaban J connectivity index is 1.53. The number of aryl methyl sites for hydroxylation is 1. The lowest BCUT2D eigenvalue weighted by Gasteiger charge is -2.16. The van der Waals surface area contributed by atoms with Gasteiger partial charge in [-0.05, 0) is 18.9 Å².